The minimum absolute atomic E-state index is 0.0199. The summed E-state index contributed by atoms with van der Waals surface area (Å²) in [5.74, 6) is 0.828. The van der Waals surface area contributed by atoms with Crippen LogP contribution in [0.5, 0.6) is 5.75 Å². The van der Waals surface area contributed by atoms with Crippen molar-refractivity contribution in [2.24, 2.45) is 5.10 Å². The largest absolute Gasteiger partial charge is 0.488 e. The maximum absolute atomic E-state index is 13.3. The lowest BCUT2D eigenvalue weighted by Crippen LogP contribution is -2.23. The molecular formula is C26H22BrClFN3O2. The number of halogens is 3. The van der Waals surface area contributed by atoms with Crippen LogP contribution in [0.4, 0.5) is 4.39 Å². The molecule has 0 spiro atoms. The Morgan fingerprint density at radius 1 is 1.18 bits per heavy atom. The van der Waals surface area contributed by atoms with Gasteiger partial charge in [0, 0.05) is 21.0 Å². The van der Waals surface area contributed by atoms with E-state index in [4.69, 9.17) is 21.3 Å². The SMILES string of the molecule is CC[C@@H](C)c1nc2ccc(Br)cc2c(=O)n1N=Cc1cc(Cl)ccc1OCc1ccc(F)cc1. The van der Waals surface area contributed by atoms with Gasteiger partial charge >= 0.3 is 0 Å². The average molecular weight is 543 g/mol. The first-order valence-corrected chi connectivity index (χ1v) is 12.0. The molecule has 0 radical (unpaired) electrons. The number of benzene rings is 3. The second kappa shape index (κ2) is 10.5. The number of nitrogens with zero attached hydrogens (tertiary/aromatic N) is 3. The van der Waals surface area contributed by atoms with E-state index in [9.17, 15) is 9.18 Å². The molecule has 0 saturated heterocycles. The third kappa shape index (κ3) is 5.37. The van der Waals surface area contributed by atoms with Gasteiger partial charge in [-0.25, -0.2) is 9.37 Å². The van der Waals surface area contributed by atoms with Gasteiger partial charge in [0.15, 0.2) is 0 Å². The van der Waals surface area contributed by atoms with Crippen molar-refractivity contribution in [3.8, 4) is 5.75 Å². The summed E-state index contributed by atoms with van der Waals surface area (Å²) in [7, 11) is 0. The van der Waals surface area contributed by atoms with Crippen molar-refractivity contribution in [2.75, 3.05) is 0 Å². The molecule has 3 aromatic carbocycles. The van der Waals surface area contributed by atoms with Gasteiger partial charge in [0.05, 0.1) is 17.1 Å². The summed E-state index contributed by atoms with van der Waals surface area (Å²) in [5, 5.41) is 5.48. The summed E-state index contributed by atoms with van der Waals surface area (Å²) in [6.07, 6.45) is 2.35. The summed E-state index contributed by atoms with van der Waals surface area (Å²) in [4.78, 5) is 18.1. The zero-order valence-electron chi connectivity index (χ0n) is 18.6. The number of aromatic nitrogens is 2. The number of rotatable bonds is 7. The molecule has 1 aromatic heterocycles. The third-order valence-corrected chi connectivity index (χ3v) is 6.21. The van der Waals surface area contributed by atoms with Crippen LogP contribution in [-0.2, 0) is 6.61 Å². The second-order valence-electron chi connectivity index (χ2n) is 7.90. The first-order chi connectivity index (χ1) is 16.4. The lowest BCUT2D eigenvalue weighted by atomic mass is 10.1. The molecule has 0 N–H and O–H groups in total. The fourth-order valence-corrected chi connectivity index (χ4v) is 3.93. The molecule has 4 rings (SSSR count). The first-order valence-electron chi connectivity index (χ1n) is 10.8. The lowest BCUT2D eigenvalue weighted by Gasteiger charge is -2.14. The zero-order chi connectivity index (χ0) is 24.2. The van der Waals surface area contributed by atoms with Crippen molar-refractivity contribution in [1.82, 2.24) is 9.66 Å². The predicted molar refractivity (Wildman–Crippen MR) is 138 cm³/mol. The average Bonchev–Trinajstić information content (AvgIpc) is 2.83. The number of ether oxygens (including phenoxy) is 1. The molecule has 0 unspecified atom stereocenters. The lowest BCUT2D eigenvalue weighted by molar-refractivity contribution is 0.305. The Morgan fingerprint density at radius 3 is 2.68 bits per heavy atom. The molecule has 8 heteroatoms. The van der Waals surface area contributed by atoms with Crippen molar-refractivity contribution in [3.05, 3.63) is 103 Å². The monoisotopic (exact) mass is 541 g/mol. The molecule has 34 heavy (non-hydrogen) atoms. The van der Waals surface area contributed by atoms with E-state index in [0.717, 1.165) is 16.5 Å². The predicted octanol–water partition coefficient (Wildman–Crippen LogP) is 6.93. The number of hydrogen-bond donors (Lipinski definition) is 0. The standard InChI is InChI=1S/C26H22BrClFN3O2/c1-3-16(2)25-31-23-10-6-19(27)13-22(23)26(33)32(25)30-14-18-12-20(28)7-11-24(18)34-15-17-4-8-21(29)9-5-17/h4-14,16H,3,15H2,1-2H3/t16-/m1/s1. The van der Waals surface area contributed by atoms with Gasteiger partial charge in [0.25, 0.3) is 5.56 Å². The normalized spacial score (nSPS) is 12.4. The van der Waals surface area contributed by atoms with E-state index in [1.807, 2.05) is 26.0 Å². The molecule has 174 valence electrons. The van der Waals surface area contributed by atoms with E-state index >= 15 is 0 Å². The highest BCUT2D eigenvalue weighted by Crippen LogP contribution is 2.24. The molecule has 0 saturated carbocycles. The highest BCUT2D eigenvalue weighted by Gasteiger charge is 2.16. The van der Waals surface area contributed by atoms with Crippen LogP contribution in [-0.4, -0.2) is 15.9 Å². The van der Waals surface area contributed by atoms with Crippen LogP contribution in [0, 0.1) is 5.82 Å². The van der Waals surface area contributed by atoms with E-state index in [0.29, 0.717) is 33.1 Å². The highest BCUT2D eigenvalue weighted by molar-refractivity contribution is 9.10. The number of hydrogen-bond acceptors (Lipinski definition) is 4. The minimum Gasteiger partial charge on any atom is -0.488 e. The first kappa shape index (κ1) is 24.1. The fourth-order valence-electron chi connectivity index (χ4n) is 3.39. The molecule has 5 nitrogen and oxygen atoms in total. The highest BCUT2D eigenvalue weighted by atomic mass is 79.9. The van der Waals surface area contributed by atoms with Gasteiger partial charge in [-0.05, 0) is 60.5 Å². The van der Waals surface area contributed by atoms with Gasteiger partial charge < -0.3 is 4.74 Å². The maximum Gasteiger partial charge on any atom is 0.282 e. The molecule has 0 fully saturated rings. The van der Waals surface area contributed by atoms with E-state index in [-0.39, 0.29) is 23.9 Å². The Balaban J connectivity index is 1.73. The Labute approximate surface area is 210 Å². The molecule has 4 aromatic rings. The van der Waals surface area contributed by atoms with Crippen LogP contribution in [0.3, 0.4) is 0 Å². The van der Waals surface area contributed by atoms with Crippen LogP contribution >= 0.6 is 27.5 Å². The van der Waals surface area contributed by atoms with Crippen LogP contribution in [0.2, 0.25) is 5.02 Å². The van der Waals surface area contributed by atoms with Gasteiger partial charge in [-0.15, -0.1) is 0 Å². The van der Waals surface area contributed by atoms with Crippen LogP contribution in [0.25, 0.3) is 10.9 Å². The molecular weight excluding hydrogens is 521 g/mol. The molecule has 1 atom stereocenters. The van der Waals surface area contributed by atoms with Crippen molar-refractivity contribution >= 4 is 44.6 Å². The number of fused-ring (bicyclic) bond motifs is 1. The van der Waals surface area contributed by atoms with Crippen molar-refractivity contribution in [2.45, 2.75) is 32.8 Å². The Bertz CT molecular complexity index is 1420. The maximum atomic E-state index is 13.3. The van der Waals surface area contributed by atoms with Gasteiger partial charge in [-0.1, -0.05) is 53.5 Å². The minimum atomic E-state index is -0.304. The third-order valence-electron chi connectivity index (χ3n) is 5.48. The Kier molecular flexibility index (Phi) is 7.44. The molecule has 0 aliphatic heterocycles. The van der Waals surface area contributed by atoms with Crippen molar-refractivity contribution in [3.63, 3.8) is 0 Å². The molecule has 1 heterocycles. The summed E-state index contributed by atoms with van der Waals surface area (Å²) >= 11 is 9.64. The van der Waals surface area contributed by atoms with Crippen LogP contribution < -0.4 is 10.3 Å². The van der Waals surface area contributed by atoms with Crippen molar-refractivity contribution in [1.29, 1.82) is 0 Å². The van der Waals surface area contributed by atoms with Gasteiger partial charge in [-0.3, -0.25) is 4.79 Å². The Morgan fingerprint density at radius 2 is 1.94 bits per heavy atom. The summed E-state index contributed by atoms with van der Waals surface area (Å²) < 4.78 is 21.2. The molecule has 0 amide bonds. The zero-order valence-corrected chi connectivity index (χ0v) is 21.0. The summed E-state index contributed by atoms with van der Waals surface area (Å²) in [6.45, 7) is 4.29. The second-order valence-corrected chi connectivity index (χ2v) is 9.25. The van der Waals surface area contributed by atoms with E-state index in [1.54, 1.807) is 42.6 Å². The van der Waals surface area contributed by atoms with E-state index < -0.39 is 0 Å². The summed E-state index contributed by atoms with van der Waals surface area (Å²) in [5.41, 5.74) is 1.79. The van der Waals surface area contributed by atoms with Gasteiger partial charge in [-0.2, -0.15) is 9.78 Å². The summed E-state index contributed by atoms with van der Waals surface area (Å²) in [6, 6.07) is 16.7. The van der Waals surface area contributed by atoms with Crippen LogP contribution in [0.15, 0.2) is 75.0 Å². The molecule has 0 aliphatic carbocycles. The van der Waals surface area contributed by atoms with Crippen molar-refractivity contribution < 1.29 is 9.13 Å². The quantitative estimate of drug-likeness (QED) is 0.238. The molecule has 0 bridgehead atoms. The van der Waals surface area contributed by atoms with Gasteiger partial charge in [0.2, 0.25) is 0 Å². The smallest absolute Gasteiger partial charge is 0.282 e. The van der Waals surface area contributed by atoms with E-state index in [2.05, 4.69) is 21.0 Å². The van der Waals surface area contributed by atoms with E-state index in [1.165, 1.54) is 16.8 Å². The topological polar surface area (TPSA) is 56.5 Å². The fraction of sp³-hybridized carbons (Fsp3) is 0.192. The van der Waals surface area contributed by atoms with Gasteiger partial charge in [0.1, 0.15) is 24.0 Å². The molecule has 0 aliphatic rings. The van der Waals surface area contributed by atoms with Crippen LogP contribution in [0.1, 0.15) is 43.1 Å². The Hall–Kier alpha value is -3.03.